The number of anilines is 1. The molecule has 0 aromatic carbocycles. The molecule has 176 valence electrons. The molecule has 0 amide bonds. The maximum Gasteiger partial charge on any atom is 0.277 e. The van der Waals surface area contributed by atoms with E-state index in [1.165, 1.54) is 19.3 Å². The Kier molecular flexibility index (Phi) is 6.05. The summed E-state index contributed by atoms with van der Waals surface area (Å²) in [4.78, 5) is 28.0. The minimum Gasteiger partial charge on any atom is -0.480 e. The lowest BCUT2D eigenvalue weighted by Crippen LogP contribution is -2.41. The van der Waals surface area contributed by atoms with Gasteiger partial charge in [-0.3, -0.25) is 9.48 Å². The molecule has 0 unspecified atom stereocenters. The van der Waals surface area contributed by atoms with Crippen LogP contribution in [0, 0.1) is 6.92 Å². The zero-order chi connectivity index (χ0) is 22.9. The molecule has 4 heterocycles. The van der Waals surface area contributed by atoms with Crippen molar-refractivity contribution >= 4 is 16.9 Å². The predicted octanol–water partition coefficient (Wildman–Crippen LogP) is 3.19. The lowest BCUT2D eigenvalue weighted by molar-refractivity contribution is 0.336. The largest absolute Gasteiger partial charge is 0.480 e. The first kappa shape index (κ1) is 21.9. The molecule has 1 aliphatic carbocycles. The van der Waals surface area contributed by atoms with Crippen molar-refractivity contribution in [1.29, 1.82) is 0 Å². The van der Waals surface area contributed by atoms with Crippen molar-refractivity contribution in [3.05, 3.63) is 28.2 Å². The summed E-state index contributed by atoms with van der Waals surface area (Å²) < 4.78 is 7.53. The number of fused-ring (bicyclic) bond motifs is 1. The summed E-state index contributed by atoms with van der Waals surface area (Å²) in [6.45, 7) is 3.81. The molecule has 2 fully saturated rings. The van der Waals surface area contributed by atoms with Crippen molar-refractivity contribution in [2.45, 2.75) is 64.0 Å². The number of methoxy groups -OCH3 is 1. The van der Waals surface area contributed by atoms with E-state index in [0.29, 0.717) is 34.3 Å². The van der Waals surface area contributed by atoms with Gasteiger partial charge in [0.25, 0.3) is 5.56 Å². The molecule has 5 rings (SSSR count). The molecule has 0 spiro atoms. The highest BCUT2D eigenvalue weighted by Crippen LogP contribution is 2.32. The Morgan fingerprint density at radius 2 is 1.85 bits per heavy atom. The van der Waals surface area contributed by atoms with Crippen LogP contribution in [0.4, 0.5) is 5.82 Å². The lowest BCUT2D eigenvalue weighted by atomic mass is 9.95. The molecule has 33 heavy (non-hydrogen) atoms. The van der Waals surface area contributed by atoms with Gasteiger partial charge in [0.2, 0.25) is 5.88 Å². The average Bonchev–Trinajstić information content (AvgIpc) is 3.21. The average molecular weight is 452 g/mol. The van der Waals surface area contributed by atoms with E-state index in [4.69, 9.17) is 19.8 Å². The highest BCUT2D eigenvalue weighted by molar-refractivity contribution is 5.79. The van der Waals surface area contributed by atoms with Gasteiger partial charge < -0.3 is 19.9 Å². The van der Waals surface area contributed by atoms with Crippen molar-refractivity contribution in [2.24, 2.45) is 0 Å². The Morgan fingerprint density at radius 1 is 1.09 bits per heavy atom. The minimum atomic E-state index is -0.165. The molecular weight excluding hydrogens is 418 g/mol. The van der Waals surface area contributed by atoms with E-state index in [9.17, 15) is 4.79 Å². The topological polar surface area (TPSA) is 101 Å². The van der Waals surface area contributed by atoms with E-state index in [-0.39, 0.29) is 11.6 Å². The molecule has 9 nitrogen and oxygen atoms in total. The van der Waals surface area contributed by atoms with Crippen molar-refractivity contribution in [2.75, 3.05) is 32.1 Å². The van der Waals surface area contributed by atoms with Gasteiger partial charge in [0.1, 0.15) is 17.2 Å². The van der Waals surface area contributed by atoms with Crippen LogP contribution in [-0.2, 0) is 0 Å². The van der Waals surface area contributed by atoms with Crippen LogP contribution in [0.3, 0.4) is 0 Å². The first-order chi connectivity index (χ1) is 16.1. The van der Waals surface area contributed by atoms with Crippen LogP contribution in [0.15, 0.2) is 16.9 Å². The molecule has 2 aliphatic rings. The Hall–Kier alpha value is -2.94. The van der Waals surface area contributed by atoms with E-state index in [1.54, 1.807) is 7.11 Å². The van der Waals surface area contributed by atoms with Crippen molar-refractivity contribution in [3.63, 3.8) is 0 Å². The number of nitrogens with zero attached hydrogens (tertiary/aromatic N) is 5. The van der Waals surface area contributed by atoms with Gasteiger partial charge >= 0.3 is 0 Å². The van der Waals surface area contributed by atoms with Crippen LogP contribution < -0.4 is 20.5 Å². The summed E-state index contributed by atoms with van der Waals surface area (Å²) in [6, 6.07) is 4.75. The third-order valence-electron chi connectivity index (χ3n) is 7.17. The number of rotatable bonds is 5. The zero-order valence-electron chi connectivity index (χ0n) is 19.7. The summed E-state index contributed by atoms with van der Waals surface area (Å²) >= 11 is 0. The fourth-order valence-electron chi connectivity index (χ4n) is 5.25. The standard InChI is InChI=1S/C24H33N7O2/c1-15-20-21(31(29-15)17-7-5-4-6-8-17)23(32)28-22(27-20)18-9-10-19(26-24(18)33-3)30-13-11-16(25-2)12-14-30/h9-10,16-17,25H,4-8,11-14H2,1-3H3,(H,27,28,32). The highest BCUT2D eigenvalue weighted by atomic mass is 16.5. The number of hydrogen-bond donors (Lipinski definition) is 2. The number of nitrogens with one attached hydrogen (secondary N) is 2. The second-order valence-corrected chi connectivity index (χ2v) is 9.21. The summed E-state index contributed by atoms with van der Waals surface area (Å²) in [5.74, 6) is 1.81. The quantitative estimate of drug-likeness (QED) is 0.614. The molecule has 2 N–H and O–H groups in total. The summed E-state index contributed by atoms with van der Waals surface area (Å²) in [7, 11) is 3.62. The molecule has 1 saturated heterocycles. The third-order valence-corrected chi connectivity index (χ3v) is 7.17. The lowest BCUT2D eigenvalue weighted by Gasteiger charge is -2.32. The van der Waals surface area contributed by atoms with Crippen LogP contribution in [0.1, 0.15) is 56.7 Å². The number of ether oxygens (including phenoxy) is 1. The van der Waals surface area contributed by atoms with Gasteiger partial charge in [-0.25, -0.2) is 4.98 Å². The second-order valence-electron chi connectivity index (χ2n) is 9.21. The van der Waals surface area contributed by atoms with E-state index in [1.807, 2.05) is 30.8 Å². The molecule has 0 bridgehead atoms. The van der Waals surface area contributed by atoms with Gasteiger partial charge in [-0.05, 0) is 51.8 Å². The number of piperidine rings is 1. The first-order valence-electron chi connectivity index (χ1n) is 12.1. The molecule has 9 heteroatoms. The molecule has 3 aromatic heterocycles. The van der Waals surface area contributed by atoms with E-state index < -0.39 is 0 Å². The van der Waals surface area contributed by atoms with Gasteiger partial charge in [0, 0.05) is 19.1 Å². The number of aromatic nitrogens is 5. The molecule has 0 atom stereocenters. The SMILES string of the molecule is CNC1CCN(c2ccc(-c3nc4c(C)nn(C5CCCCC5)c4c(=O)[nH]3)c(OC)n2)CC1. The molecule has 0 radical (unpaired) electrons. The maximum absolute atomic E-state index is 13.2. The van der Waals surface area contributed by atoms with E-state index in [2.05, 4.69) is 15.2 Å². The molecule has 3 aromatic rings. The second kappa shape index (κ2) is 9.13. The predicted molar refractivity (Wildman–Crippen MR) is 129 cm³/mol. The zero-order valence-corrected chi connectivity index (χ0v) is 19.7. The molecule has 1 saturated carbocycles. The maximum atomic E-state index is 13.2. The Labute approximate surface area is 193 Å². The third kappa shape index (κ3) is 4.10. The molecular formula is C24H33N7O2. The molecule has 1 aliphatic heterocycles. The van der Waals surface area contributed by atoms with Gasteiger partial charge in [-0.1, -0.05) is 19.3 Å². The number of aromatic amines is 1. The summed E-state index contributed by atoms with van der Waals surface area (Å²) in [6.07, 6.45) is 7.89. The first-order valence-corrected chi connectivity index (χ1v) is 12.1. The van der Waals surface area contributed by atoms with Crippen molar-refractivity contribution < 1.29 is 4.74 Å². The van der Waals surface area contributed by atoms with E-state index in [0.717, 1.165) is 50.3 Å². The van der Waals surface area contributed by atoms with Crippen LogP contribution in [0.2, 0.25) is 0 Å². The summed E-state index contributed by atoms with van der Waals surface area (Å²) in [5.41, 5.74) is 2.51. The normalized spacial score (nSPS) is 18.2. The van der Waals surface area contributed by atoms with Gasteiger partial charge in [0.05, 0.1) is 24.4 Å². The summed E-state index contributed by atoms with van der Waals surface area (Å²) in [5, 5.41) is 8.07. The number of pyridine rings is 1. The Balaban J connectivity index is 1.50. The number of aryl methyl sites for hydroxylation is 1. The number of H-pyrrole nitrogens is 1. The highest BCUT2D eigenvalue weighted by Gasteiger charge is 2.24. The van der Waals surface area contributed by atoms with Crippen LogP contribution in [0.5, 0.6) is 5.88 Å². The van der Waals surface area contributed by atoms with Crippen LogP contribution in [-0.4, -0.2) is 58.0 Å². The minimum absolute atomic E-state index is 0.165. The van der Waals surface area contributed by atoms with Crippen LogP contribution in [0.25, 0.3) is 22.4 Å². The van der Waals surface area contributed by atoms with Crippen LogP contribution >= 0.6 is 0 Å². The number of hydrogen-bond acceptors (Lipinski definition) is 7. The van der Waals surface area contributed by atoms with Crippen molar-refractivity contribution in [3.8, 4) is 17.3 Å². The fraction of sp³-hybridized carbons (Fsp3) is 0.583. The van der Waals surface area contributed by atoms with Gasteiger partial charge in [0.15, 0.2) is 5.52 Å². The monoisotopic (exact) mass is 451 g/mol. The Bertz CT molecular complexity index is 1190. The Morgan fingerprint density at radius 3 is 2.55 bits per heavy atom. The van der Waals surface area contributed by atoms with Gasteiger partial charge in [-0.15, -0.1) is 0 Å². The van der Waals surface area contributed by atoms with E-state index >= 15 is 0 Å². The fourth-order valence-corrected chi connectivity index (χ4v) is 5.25. The van der Waals surface area contributed by atoms with Gasteiger partial charge in [-0.2, -0.15) is 10.1 Å². The van der Waals surface area contributed by atoms with Crippen molar-refractivity contribution in [1.82, 2.24) is 30.0 Å². The smallest absolute Gasteiger partial charge is 0.277 e.